The molecular weight excluding hydrogens is 374 g/mol. The van der Waals surface area contributed by atoms with Gasteiger partial charge in [-0.2, -0.15) is 4.68 Å². The van der Waals surface area contributed by atoms with E-state index in [0.29, 0.717) is 21.6 Å². The molecule has 1 amide bonds. The Morgan fingerprint density at radius 1 is 1.27 bits per heavy atom. The van der Waals surface area contributed by atoms with E-state index in [1.165, 1.54) is 11.8 Å². The van der Waals surface area contributed by atoms with Gasteiger partial charge in [0, 0.05) is 16.8 Å². The summed E-state index contributed by atoms with van der Waals surface area (Å²) in [6.07, 6.45) is 0. The highest BCUT2D eigenvalue weighted by molar-refractivity contribution is 8.00. The molecule has 0 spiro atoms. The Morgan fingerprint density at radius 3 is 2.77 bits per heavy atom. The van der Waals surface area contributed by atoms with Gasteiger partial charge in [0.1, 0.15) is 5.75 Å². The van der Waals surface area contributed by atoms with E-state index in [2.05, 4.69) is 20.8 Å². The van der Waals surface area contributed by atoms with E-state index < -0.39 is 5.25 Å². The fourth-order valence-electron chi connectivity index (χ4n) is 2.15. The SMILES string of the molecule is COc1cccc(NC(=O)C(C)Sc2nnnn2-c2ccc(Cl)cc2)c1. The smallest absolute Gasteiger partial charge is 0.237 e. The first-order chi connectivity index (χ1) is 12.6. The Hall–Kier alpha value is -2.58. The van der Waals surface area contributed by atoms with Crippen LogP contribution in [0.2, 0.25) is 5.02 Å². The molecular formula is C17H16ClN5O2S. The van der Waals surface area contributed by atoms with Gasteiger partial charge in [-0.3, -0.25) is 4.79 Å². The Morgan fingerprint density at radius 2 is 2.04 bits per heavy atom. The number of tetrazole rings is 1. The van der Waals surface area contributed by atoms with Crippen molar-refractivity contribution in [2.24, 2.45) is 0 Å². The number of hydrogen-bond acceptors (Lipinski definition) is 6. The molecule has 0 saturated carbocycles. The van der Waals surface area contributed by atoms with Crippen LogP contribution in [0, 0.1) is 0 Å². The zero-order valence-corrected chi connectivity index (χ0v) is 15.7. The van der Waals surface area contributed by atoms with Gasteiger partial charge < -0.3 is 10.1 Å². The quantitative estimate of drug-likeness (QED) is 0.650. The Labute approximate surface area is 159 Å². The molecule has 1 N–H and O–H groups in total. The Balaban J connectivity index is 1.70. The fourth-order valence-corrected chi connectivity index (χ4v) is 3.09. The maximum absolute atomic E-state index is 12.5. The second kappa shape index (κ2) is 8.20. The molecule has 0 bridgehead atoms. The second-order valence-electron chi connectivity index (χ2n) is 5.33. The van der Waals surface area contributed by atoms with Crippen molar-refractivity contribution in [1.29, 1.82) is 0 Å². The summed E-state index contributed by atoms with van der Waals surface area (Å²) in [6, 6.07) is 14.3. The molecule has 1 atom stereocenters. The summed E-state index contributed by atoms with van der Waals surface area (Å²) >= 11 is 7.17. The molecule has 7 nitrogen and oxygen atoms in total. The number of carbonyl (C=O) groups excluding carboxylic acids is 1. The molecule has 0 fully saturated rings. The third-order valence-corrected chi connectivity index (χ3v) is 4.79. The average Bonchev–Trinajstić information content (AvgIpc) is 3.10. The van der Waals surface area contributed by atoms with Crippen molar-refractivity contribution in [2.75, 3.05) is 12.4 Å². The van der Waals surface area contributed by atoms with Crippen LogP contribution in [0.5, 0.6) is 5.75 Å². The van der Waals surface area contributed by atoms with Gasteiger partial charge in [0.05, 0.1) is 18.0 Å². The summed E-state index contributed by atoms with van der Waals surface area (Å²) < 4.78 is 6.73. The van der Waals surface area contributed by atoms with Gasteiger partial charge in [-0.05, 0) is 53.7 Å². The normalized spacial score (nSPS) is 11.8. The first-order valence-electron chi connectivity index (χ1n) is 7.72. The van der Waals surface area contributed by atoms with Gasteiger partial charge in [-0.1, -0.05) is 29.4 Å². The maximum Gasteiger partial charge on any atom is 0.237 e. The number of anilines is 1. The summed E-state index contributed by atoms with van der Waals surface area (Å²) in [6.45, 7) is 1.79. The van der Waals surface area contributed by atoms with Crippen LogP contribution in [0.15, 0.2) is 53.7 Å². The van der Waals surface area contributed by atoms with Crippen LogP contribution in [0.25, 0.3) is 5.69 Å². The summed E-state index contributed by atoms with van der Waals surface area (Å²) in [4.78, 5) is 12.5. The van der Waals surface area contributed by atoms with Crippen molar-refractivity contribution in [1.82, 2.24) is 20.2 Å². The zero-order valence-electron chi connectivity index (χ0n) is 14.1. The lowest BCUT2D eigenvalue weighted by molar-refractivity contribution is -0.115. The molecule has 0 aliphatic rings. The van der Waals surface area contributed by atoms with E-state index in [9.17, 15) is 4.79 Å². The van der Waals surface area contributed by atoms with Crippen LogP contribution < -0.4 is 10.1 Å². The number of halogens is 1. The summed E-state index contributed by atoms with van der Waals surface area (Å²) in [7, 11) is 1.58. The standard InChI is InChI=1S/C17H16ClN5O2S/c1-11(16(24)19-13-4-3-5-15(10-13)25-2)26-17-20-21-22-23(17)14-8-6-12(18)7-9-14/h3-11H,1-2H3,(H,19,24). The van der Waals surface area contributed by atoms with Crippen molar-refractivity contribution in [3.63, 3.8) is 0 Å². The minimum Gasteiger partial charge on any atom is -0.497 e. The molecule has 3 aromatic rings. The zero-order chi connectivity index (χ0) is 18.5. The first kappa shape index (κ1) is 18.2. The Bertz CT molecular complexity index is 900. The predicted molar refractivity (Wildman–Crippen MR) is 101 cm³/mol. The van der Waals surface area contributed by atoms with Crippen molar-refractivity contribution in [2.45, 2.75) is 17.3 Å². The Kier molecular flexibility index (Phi) is 5.75. The molecule has 0 radical (unpaired) electrons. The van der Waals surface area contributed by atoms with E-state index in [4.69, 9.17) is 16.3 Å². The van der Waals surface area contributed by atoms with Crippen LogP contribution in [0.1, 0.15) is 6.92 Å². The topological polar surface area (TPSA) is 81.9 Å². The number of hydrogen-bond donors (Lipinski definition) is 1. The number of aromatic nitrogens is 4. The van der Waals surface area contributed by atoms with Crippen molar-refractivity contribution < 1.29 is 9.53 Å². The highest BCUT2D eigenvalue weighted by Gasteiger charge is 2.19. The molecule has 9 heteroatoms. The van der Waals surface area contributed by atoms with Crippen LogP contribution in [-0.2, 0) is 4.79 Å². The molecule has 1 unspecified atom stereocenters. The molecule has 1 heterocycles. The lowest BCUT2D eigenvalue weighted by Gasteiger charge is -2.12. The van der Waals surface area contributed by atoms with Gasteiger partial charge in [0.15, 0.2) is 0 Å². The van der Waals surface area contributed by atoms with Gasteiger partial charge in [0.2, 0.25) is 11.1 Å². The molecule has 1 aromatic heterocycles. The monoisotopic (exact) mass is 389 g/mol. The molecule has 3 rings (SSSR count). The van der Waals surface area contributed by atoms with Crippen molar-refractivity contribution >= 4 is 35.0 Å². The van der Waals surface area contributed by atoms with Gasteiger partial charge in [0.25, 0.3) is 0 Å². The van der Waals surface area contributed by atoms with Crippen LogP contribution in [0.4, 0.5) is 5.69 Å². The summed E-state index contributed by atoms with van der Waals surface area (Å²) in [5.74, 6) is 0.517. The number of amides is 1. The number of ether oxygens (including phenoxy) is 1. The number of rotatable bonds is 6. The lowest BCUT2D eigenvalue weighted by Crippen LogP contribution is -2.22. The third-order valence-electron chi connectivity index (χ3n) is 3.50. The first-order valence-corrected chi connectivity index (χ1v) is 8.98. The van der Waals surface area contributed by atoms with Gasteiger partial charge in [-0.25, -0.2) is 0 Å². The number of thioether (sulfide) groups is 1. The maximum atomic E-state index is 12.5. The summed E-state index contributed by atoms with van der Waals surface area (Å²) in [5.41, 5.74) is 1.43. The van der Waals surface area contributed by atoms with E-state index in [-0.39, 0.29) is 5.91 Å². The molecule has 0 aliphatic heterocycles. The van der Waals surface area contributed by atoms with Gasteiger partial charge in [-0.15, -0.1) is 5.10 Å². The van der Waals surface area contributed by atoms with Crippen LogP contribution >= 0.6 is 23.4 Å². The molecule has 26 heavy (non-hydrogen) atoms. The van der Waals surface area contributed by atoms with E-state index in [0.717, 1.165) is 5.69 Å². The average molecular weight is 390 g/mol. The third kappa shape index (κ3) is 4.33. The van der Waals surface area contributed by atoms with Crippen molar-refractivity contribution in [3.05, 3.63) is 53.6 Å². The largest absolute Gasteiger partial charge is 0.497 e. The highest BCUT2D eigenvalue weighted by atomic mass is 35.5. The lowest BCUT2D eigenvalue weighted by atomic mass is 10.3. The van der Waals surface area contributed by atoms with E-state index in [1.807, 2.05) is 24.3 Å². The number of nitrogens with zero attached hydrogens (tertiary/aromatic N) is 4. The number of carbonyl (C=O) groups is 1. The number of methoxy groups -OCH3 is 1. The highest BCUT2D eigenvalue weighted by Crippen LogP contribution is 2.25. The van der Waals surface area contributed by atoms with Crippen molar-refractivity contribution in [3.8, 4) is 11.4 Å². The molecule has 0 aliphatic carbocycles. The number of nitrogens with one attached hydrogen (secondary N) is 1. The van der Waals surface area contributed by atoms with E-state index in [1.54, 1.807) is 43.0 Å². The van der Waals surface area contributed by atoms with Crippen LogP contribution in [-0.4, -0.2) is 38.5 Å². The number of benzene rings is 2. The molecule has 0 saturated heterocycles. The molecule has 134 valence electrons. The predicted octanol–water partition coefficient (Wildman–Crippen LogP) is 3.44. The van der Waals surface area contributed by atoms with Crippen LogP contribution in [0.3, 0.4) is 0 Å². The van der Waals surface area contributed by atoms with E-state index >= 15 is 0 Å². The second-order valence-corrected chi connectivity index (χ2v) is 7.08. The fraction of sp³-hybridized carbons (Fsp3) is 0.176. The van der Waals surface area contributed by atoms with Gasteiger partial charge >= 0.3 is 0 Å². The summed E-state index contributed by atoms with van der Waals surface area (Å²) in [5, 5.41) is 15.3. The minimum absolute atomic E-state index is 0.158. The molecule has 2 aromatic carbocycles. The minimum atomic E-state index is -0.404.